The maximum Gasteiger partial charge on any atom is 0.269 e. The van der Waals surface area contributed by atoms with Crippen LogP contribution in [0.2, 0.25) is 0 Å². The van der Waals surface area contributed by atoms with E-state index in [1.807, 2.05) is 6.92 Å². The van der Waals surface area contributed by atoms with Crippen LogP contribution in [0, 0.1) is 10.1 Å². The van der Waals surface area contributed by atoms with Gasteiger partial charge >= 0.3 is 0 Å². The second-order valence-corrected chi connectivity index (χ2v) is 5.20. The number of nitro groups is 1. The van der Waals surface area contributed by atoms with Gasteiger partial charge in [0.2, 0.25) is 0 Å². The van der Waals surface area contributed by atoms with Crippen molar-refractivity contribution in [2.75, 3.05) is 6.54 Å². The molecule has 1 aliphatic heterocycles. The molecule has 1 heterocycles. The Balaban J connectivity index is 2.04. The Morgan fingerprint density at radius 3 is 2.68 bits per heavy atom. The molecule has 0 bridgehead atoms. The summed E-state index contributed by atoms with van der Waals surface area (Å²) < 4.78 is 0. The van der Waals surface area contributed by atoms with Crippen LogP contribution < -0.4 is 0 Å². The molecule has 1 saturated heterocycles. The van der Waals surface area contributed by atoms with Crippen molar-refractivity contribution in [1.82, 2.24) is 4.90 Å². The molecule has 1 aliphatic rings. The number of piperidine rings is 1. The fourth-order valence-electron chi connectivity index (χ4n) is 2.72. The Bertz CT molecular complexity index is 431. The van der Waals surface area contributed by atoms with Gasteiger partial charge in [-0.25, -0.2) is 0 Å². The molecule has 2 rings (SSSR count). The highest BCUT2D eigenvalue weighted by atomic mass is 16.6. The highest BCUT2D eigenvalue weighted by molar-refractivity contribution is 5.32. The predicted octanol–water partition coefficient (Wildman–Crippen LogP) is 2.33. The second-order valence-electron chi connectivity index (χ2n) is 5.20. The average molecular weight is 264 g/mol. The van der Waals surface area contributed by atoms with Crippen molar-refractivity contribution in [3.05, 3.63) is 39.9 Å². The molecule has 0 radical (unpaired) electrons. The summed E-state index contributed by atoms with van der Waals surface area (Å²) in [5, 5.41) is 20.4. The zero-order chi connectivity index (χ0) is 13.8. The van der Waals surface area contributed by atoms with E-state index in [0.717, 1.165) is 37.9 Å². The number of aliphatic hydroxyl groups is 1. The number of nitro benzene ring substituents is 1. The first-order valence-corrected chi connectivity index (χ1v) is 6.73. The Morgan fingerprint density at radius 2 is 2.11 bits per heavy atom. The number of hydrogen-bond acceptors (Lipinski definition) is 4. The summed E-state index contributed by atoms with van der Waals surface area (Å²) in [5.41, 5.74) is 1.17. The van der Waals surface area contributed by atoms with Crippen LogP contribution in [0.4, 0.5) is 5.69 Å². The maximum atomic E-state index is 10.6. The fraction of sp³-hybridized carbons (Fsp3) is 0.571. The van der Waals surface area contributed by atoms with Gasteiger partial charge in [-0.3, -0.25) is 15.0 Å². The summed E-state index contributed by atoms with van der Waals surface area (Å²) in [6.07, 6.45) is 2.99. The number of benzene rings is 1. The number of aliphatic hydroxyl groups excluding tert-OH is 1. The molecule has 1 fully saturated rings. The minimum Gasteiger partial charge on any atom is -0.392 e. The second kappa shape index (κ2) is 6.12. The van der Waals surface area contributed by atoms with Crippen LogP contribution in [-0.2, 0) is 6.54 Å². The number of rotatable bonds is 4. The predicted molar refractivity (Wildman–Crippen MR) is 72.8 cm³/mol. The molecule has 1 aromatic rings. The summed E-state index contributed by atoms with van der Waals surface area (Å²) in [6.45, 7) is 3.55. The molecule has 0 saturated carbocycles. The number of non-ortho nitro benzene ring substituents is 1. The normalized spacial score (nSPS) is 22.1. The van der Waals surface area contributed by atoms with E-state index in [0.29, 0.717) is 0 Å². The first-order chi connectivity index (χ1) is 9.08. The molecule has 0 aromatic heterocycles. The van der Waals surface area contributed by atoms with Gasteiger partial charge in [0.15, 0.2) is 0 Å². The van der Waals surface area contributed by atoms with E-state index >= 15 is 0 Å². The molecule has 1 aromatic carbocycles. The maximum absolute atomic E-state index is 10.6. The van der Waals surface area contributed by atoms with Crippen LogP contribution in [0.5, 0.6) is 0 Å². The first-order valence-electron chi connectivity index (χ1n) is 6.73. The molecule has 0 spiro atoms. The van der Waals surface area contributed by atoms with Gasteiger partial charge in [-0.1, -0.05) is 18.6 Å². The lowest BCUT2D eigenvalue weighted by atomic mass is 9.97. The van der Waals surface area contributed by atoms with Gasteiger partial charge in [-0.2, -0.15) is 0 Å². The largest absolute Gasteiger partial charge is 0.392 e. The lowest BCUT2D eigenvalue weighted by Gasteiger charge is -2.37. The fourth-order valence-corrected chi connectivity index (χ4v) is 2.72. The number of nitrogens with zero attached hydrogens (tertiary/aromatic N) is 2. The smallest absolute Gasteiger partial charge is 0.269 e. The zero-order valence-corrected chi connectivity index (χ0v) is 11.2. The lowest BCUT2D eigenvalue weighted by Crippen LogP contribution is -2.45. The van der Waals surface area contributed by atoms with Gasteiger partial charge in [0.25, 0.3) is 5.69 Å². The molecule has 0 amide bonds. The highest BCUT2D eigenvalue weighted by Gasteiger charge is 2.26. The highest BCUT2D eigenvalue weighted by Crippen LogP contribution is 2.22. The van der Waals surface area contributed by atoms with Crippen molar-refractivity contribution in [2.24, 2.45) is 0 Å². The molecule has 0 aliphatic carbocycles. The van der Waals surface area contributed by atoms with Crippen LogP contribution in [0.1, 0.15) is 31.7 Å². The molecule has 104 valence electrons. The van der Waals surface area contributed by atoms with Crippen LogP contribution in [0.15, 0.2) is 24.3 Å². The third kappa shape index (κ3) is 3.52. The number of likely N-dealkylation sites (tertiary alicyclic amines) is 1. The third-order valence-electron chi connectivity index (χ3n) is 3.75. The van der Waals surface area contributed by atoms with Gasteiger partial charge in [0.05, 0.1) is 11.0 Å². The van der Waals surface area contributed by atoms with Crippen LogP contribution in [0.3, 0.4) is 0 Å². The van der Waals surface area contributed by atoms with Gasteiger partial charge in [-0.15, -0.1) is 0 Å². The minimum absolute atomic E-state index is 0.120. The summed E-state index contributed by atoms with van der Waals surface area (Å²) in [7, 11) is 0. The van der Waals surface area contributed by atoms with Gasteiger partial charge < -0.3 is 5.11 Å². The molecule has 1 N–H and O–H groups in total. The van der Waals surface area contributed by atoms with Crippen molar-refractivity contribution >= 4 is 5.69 Å². The van der Waals surface area contributed by atoms with Gasteiger partial charge in [-0.05, 0) is 31.9 Å². The van der Waals surface area contributed by atoms with Crippen LogP contribution in [0.25, 0.3) is 0 Å². The van der Waals surface area contributed by atoms with Crippen molar-refractivity contribution in [3.63, 3.8) is 0 Å². The van der Waals surface area contributed by atoms with E-state index in [-0.39, 0.29) is 22.8 Å². The number of hydrogen-bond donors (Lipinski definition) is 1. The van der Waals surface area contributed by atoms with Crippen molar-refractivity contribution in [3.8, 4) is 0 Å². The Morgan fingerprint density at radius 1 is 1.42 bits per heavy atom. The summed E-state index contributed by atoms with van der Waals surface area (Å²) in [5.74, 6) is 0. The molecule has 5 nitrogen and oxygen atoms in total. The lowest BCUT2D eigenvalue weighted by molar-refractivity contribution is -0.384. The van der Waals surface area contributed by atoms with Crippen LogP contribution >= 0.6 is 0 Å². The SMILES string of the molecule is C[C@@H](O)[C@@H]1CCCCN1Cc1ccc([N+](=O)[O-])cc1. The van der Waals surface area contributed by atoms with E-state index in [1.54, 1.807) is 12.1 Å². The van der Waals surface area contributed by atoms with Gasteiger partial charge in [0, 0.05) is 24.7 Å². The van der Waals surface area contributed by atoms with E-state index in [2.05, 4.69) is 4.90 Å². The molecular formula is C14H20N2O3. The standard InChI is InChI=1S/C14H20N2O3/c1-11(17)14-4-2-3-9-15(14)10-12-5-7-13(8-6-12)16(18)19/h5-8,11,14,17H,2-4,9-10H2,1H3/t11-,14+/m1/s1. The van der Waals surface area contributed by atoms with Gasteiger partial charge in [0.1, 0.15) is 0 Å². The third-order valence-corrected chi connectivity index (χ3v) is 3.75. The molecular weight excluding hydrogens is 244 g/mol. The Labute approximate surface area is 113 Å². The molecule has 0 unspecified atom stereocenters. The Kier molecular flexibility index (Phi) is 4.50. The Hall–Kier alpha value is -1.46. The van der Waals surface area contributed by atoms with E-state index in [9.17, 15) is 15.2 Å². The summed E-state index contributed by atoms with van der Waals surface area (Å²) in [4.78, 5) is 12.5. The van der Waals surface area contributed by atoms with E-state index < -0.39 is 0 Å². The van der Waals surface area contributed by atoms with Crippen molar-refractivity contribution in [2.45, 2.75) is 44.9 Å². The van der Waals surface area contributed by atoms with E-state index in [4.69, 9.17) is 0 Å². The zero-order valence-electron chi connectivity index (χ0n) is 11.2. The van der Waals surface area contributed by atoms with E-state index in [1.165, 1.54) is 12.1 Å². The summed E-state index contributed by atoms with van der Waals surface area (Å²) in [6, 6.07) is 6.87. The molecule has 19 heavy (non-hydrogen) atoms. The van der Waals surface area contributed by atoms with Crippen molar-refractivity contribution in [1.29, 1.82) is 0 Å². The molecule has 5 heteroatoms. The summed E-state index contributed by atoms with van der Waals surface area (Å²) >= 11 is 0. The first kappa shape index (κ1) is 14.0. The monoisotopic (exact) mass is 264 g/mol. The molecule has 2 atom stereocenters. The minimum atomic E-state index is -0.386. The quantitative estimate of drug-likeness (QED) is 0.669. The van der Waals surface area contributed by atoms with Crippen LogP contribution in [-0.4, -0.2) is 33.6 Å². The topological polar surface area (TPSA) is 66.6 Å². The van der Waals surface area contributed by atoms with Crippen molar-refractivity contribution < 1.29 is 10.0 Å². The average Bonchev–Trinajstić information content (AvgIpc) is 2.39.